The summed E-state index contributed by atoms with van der Waals surface area (Å²) in [6.07, 6.45) is 3.41. The molecule has 2 aromatic rings. The Morgan fingerprint density at radius 3 is 2.48 bits per heavy atom. The normalized spacial score (nSPS) is 22.5. The van der Waals surface area contributed by atoms with Gasteiger partial charge in [0.25, 0.3) is 5.91 Å². The number of aryl methyl sites for hydroxylation is 1. The largest absolute Gasteiger partial charge is 0.465 e. The Balaban J connectivity index is 1.57. The van der Waals surface area contributed by atoms with Crippen LogP contribution in [0.4, 0.5) is 4.79 Å². The molecule has 1 saturated carbocycles. The van der Waals surface area contributed by atoms with Gasteiger partial charge in [-0.2, -0.15) is 0 Å². The van der Waals surface area contributed by atoms with E-state index in [1.807, 2.05) is 25.3 Å². The van der Waals surface area contributed by atoms with Crippen LogP contribution >= 0.6 is 0 Å². The summed E-state index contributed by atoms with van der Waals surface area (Å²) in [5, 5.41) is 2.89. The van der Waals surface area contributed by atoms with E-state index in [4.69, 9.17) is 4.74 Å². The molecule has 0 radical (unpaired) electrons. The van der Waals surface area contributed by atoms with Crippen molar-refractivity contribution in [2.24, 2.45) is 5.92 Å². The lowest BCUT2D eigenvalue weighted by molar-refractivity contribution is -0.133. The maximum absolute atomic E-state index is 13.2. The molecule has 1 N–H and O–H groups in total. The van der Waals surface area contributed by atoms with Crippen molar-refractivity contribution in [1.82, 2.24) is 14.8 Å². The lowest BCUT2D eigenvalue weighted by Crippen LogP contribution is -2.54. The zero-order valence-corrected chi connectivity index (χ0v) is 19.4. The topological polar surface area (TPSA) is 97.7 Å². The summed E-state index contributed by atoms with van der Waals surface area (Å²) in [5.41, 5.74) is 2.34. The first kappa shape index (κ1) is 22.8. The van der Waals surface area contributed by atoms with Crippen molar-refractivity contribution in [2.75, 3.05) is 13.7 Å². The van der Waals surface area contributed by atoms with Crippen LogP contribution in [0.5, 0.6) is 0 Å². The highest BCUT2D eigenvalue weighted by atomic mass is 16.5. The number of ketones is 1. The highest BCUT2D eigenvalue weighted by molar-refractivity contribution is 6.11. The van der Waals surface area contributed by atoms with Gasteiger partial charge in [0, 0.05) is 22.6 Å². The molecule has 2 fully saturated rings. The van der Waals surface area contributed by atoms with E-state index in [9.17, 15) is 19.2 Å². The zero-order valence-electron chi connectivity index (χ0n) is 19.4. The van der Waals surface area contributed by atoms with E-state index >= 15 is 0 Å². The third kappa shape index (κ3) is 3.73. The number of nitrogens with zero attached hydrogens (tertiary/aromatic N) is 2. The number of benzene rings is 1. The monoisotopic (exact) mass is 451 g/mol. The molecule has 33 heavy (non-hydrogen) atoms. The quantitative estimate of drug-likeness (QED) is 0.426. The molecule has 3 amide bonds. The van der Waals surface area contributed by atoms with E-state index in [1.54, 1.807) is 30.3 Å². The highest BCUT2D eigenvalue weighted by Gasteiger charge is 2.55. The minimum atomic E-state index is -0.881. The number of aromatic nitrogens is 1. The fourth-order valence-corrected chi connectivity index (χ4v) is 5.17. The van der Waals surface area contributed by atoms with Crippen molar-refractivity contribution < 1.29 is 23.9 Å². The fraction of sp³-hybridized carbons (Fsp3) is 0.440. The van der Waals surface area contributed by atoms with E-state index in [1.165, 1.54) is 7.11 Å². The van der Waals surface area contributed by atoms with Crippen LogP contribution in [-0.4, -0.2) is 52.4 Å². The summed E-state index contributed by atoms with van der Waals surface area (Å²) in [6, 6.07) is 8.18. The Labute approximate surface area is 192 Å². The van der Waals surface area contributed by atoms with Crippen LogP contribution in [0, 0.1) is 19.8 Å². The number of Topliss-reactive ketones (excluding diaryl/α,β-unsaturated/α-hetero) is 1. The average Bonchev–Trinajstić information content (AvgIpc) is 3.23. The molecule has 2 heterocycles. The van der Waals surface area contributed by atoms with Crippen molar-refractivity contribution in [1.29, 1.82) is 0 Å². The number of carbonyl (C=O) groups excluding carboxylic acids is 4. The first-order chi connectivity index (χ1) is 15.7. The van der Waals surface area contributed by atoms with E-state index in [0.29, 0.717) is 23.2 Å². The summed E-state index contributed by atoms with van der Waals surface area (Å²) in [5.74, 6) is -0.956. The second-order valence-electron chi connectivity index (χ2n) is 9.02. The first-order valence-corrected chi connectivity index (χ1v) is 11.2. The molecule has 174 valence electrons. The van der Waals surface area contributed by atoms with E-state index in [0.717, 1.165) is 35.5 Å². The molecule has 1 aromatic heterocycles. The number of ether oxygens (including phenoxy) is 1. The number of amides is 3. The Kier molecular flexibility index (Phi) is 5.86. The van der Waals surface area contributed by atoms with Gasteiger partial charge in [0.15, 0.2) is 5.78 Å². The van der Waals surface area contributed by atoms with Crippen LogP contribution in [0.3, 0.4) is 0 Å². The Hall–Kier alpha value is -3.42. The number of nitrogens with one attached hydrogen (secondary N) is 1. The van der Waals surface area contributed by atoms with Gasteiger partial charge < -0.3 is 14.6 Å². The molecule has 8 heteroatoms. The van der Waals surface area contributed by atoms with Gasteiger partial charge in [-0.15, -0.1) is 0 Å². The smallest absolute Gasteiger partial charge is 0.337 e. The predicted molar refractivity (Wildman–Crippen MR) is 122 cm³/mol. The molecule has 4 rings (SSSR count). The molecule has 1 aliphatic heterocycles. The fourth-order valence-electron chi connectivity index (χ4n) is 5.17. The molecule has 1 saturated heterocycles. The number of hydrogen-bond acceptors (Lipinski definition) is 5. The van der Waals surface area contributed by atoms with Crippen LogP contribution in [0.15, 0.2) is 30.3 Å². The Morgan fingerprint density at radius 2 is 1.85 bits per heavy atom. The second kappa shape index (κ2) is 8.50. The van der Waals surface area contributed by atoms with Gasteiger partial charge in [0.05, 0.1) is 19.2 Å². The van der Waals surface area contributed by atoms with Crippen LogP contribution < -0.4 is 5.32 Å². The Bertz CT molecular complexity index is 1130. The molecule has 1 aromatic carbocycles. The summed E-state index contributed by atoms with van der Waals surface area (Å²) in [6.45, 7) is 5.40. The molecule has 1 spiro atoms. The van der Waals surface area contributed by atoms with Gasteiger partial charge >= 0.3 is 12.0 Å². The van der Waals surface area contributed by atoms with Crippen LogP contribution in [0.25, 0.3) is 5.69 Å². The number of rotatable bonds is 5. The summed E-state index contributed by atoms with van der Waals surface area (Å²) >= 11 is 0. The third-order valence-corrected chi connectivity index (χ3v) is 7.08. The molecule has 1 aliphatic carbocycles. The Morgan fingerprint density at radius 1 is 1.15 bits per heavy atom. The minimum Gasteiger partial charge on any atom is -0.465 e. The van der Waals surface area contributed by atoms with Crippen molar-refractivity contribution in [3.63, 3.8) is 0 Å². The molecular formula is C25H29N3O5. The maximum atomic E-state index is 13.2. The molecule has 8 nitrogen and oxygen atoms in total. The number of carbonyl (C=O) groups is 4. The van der Waals surface area contributed by atoms with Crippen molar-refractivity contribution in [3.05, 3.63) is 52.8 Å². The van der Waals surface area contributed by atoms with Crippen LogP contribution in [0.2, 0.25) is 0 Å². The summed E-state index contributed by atoms with van der Waals surface area (Å²) in [7, 11) is 1.33. The SMILES string of the molecule is COC(=O)c1ccc(-n2c(C)cc(C(=O)CN3C(=O)NC4(CCCCC4C)C3=O)c2C)cc1. The van der Waals surface area contributed by atoms with Gasteiger partial charge in [-0.1, -0.05) is 19.8 Å². The van der Waals surface area contributed by atoms with Gasteiger partial charge in [-0.05, 0) is 62.9 Å². The predicted octanol–water partition coefficient (Wildman–Crippen LogP) is 3.56. The summed E-state index contributed by atoms with van der Waals surface area (Å²) < 4.78 is 6.65. The van der Waals surface area contributed by atoms with Gasteiger partial charge in [-0.3, -0.25) is 14.5 Å². The first-order valence-electron chi connectivity index (χ1n) is 11.2. The van der Waals surface area contributed by atoms with E-state index < -0.39 is 17.5 Å². The standard InChI is InChI=1S/C25H29N3O5/c1-15-7-5-6-12-25(15)23(31)27(24(32)26-25)14-21(29)20-13-16(2)28(17(20)3)19-10-8-18(9-11-19)22(30)33-4/h8-11,13,15H,5-7,12,14H2,1-4H3,(H,26,32). The van der Waals surface area contributed by atoms with Crippen LogP contribution in [0.1, 0.15) is 64.7 Å². The number of imide groups is 1. The molecule has 2 aliphatic rings. The molecular weight excluding hydrogens is 422 g/mol. The maximum Gasteiger partial charge on any atom is 0.337 e. The number of esters is 1. The van der Waals surface area contributed by atoms with Crippen LogP contribution in [-0.2, 0) is 9.53 Å². The second-order valence-corrected chi connectivity index (χ2v) is 9.02. The number of hydrogen-bond donors (Lipinski definition) is 1. The van der Waals surface area contributed by atoms with Crippen molar-refractivity contribution >= 4 is 23.7 Å². The summed E-state index contributed by atoms with van der Waals surface area (Å²) in [4.78, 5) is 51.8. The van der Waals surface area contributed by atoms with Gasteiger partial charge in [0.2, 0.25) is 0 Å². The lowest BCUT2D eigenvalue weighted by Gasteiger charge is -2.36. The lowest BCUT2D eigenvalue weighted by atomic mass is 9.73. The minimum absolute atomic E-state index is 0.0424. The van der Waals surface area contributed by atoms with Gasteiger partial charge in [0.1, 0.15) is 5.54 Å². The number of urea groups is 1. The van der Waals surface area contributed by atoms with Crippen molar-refractivity contribution in [3.8, 4) is 5.69 Å². The molecule has 2 atom stereocenters. The highest BCUT2D eigenvalue weighted by Crippen LogP contribution is 2.38. The van der Waals surface area contributed by atoms with Crippen molar-refractivity contribution in [2.45, 2.75) is 52.0 Å². The van der Waals surface area contributed by atoms with E-state index in [-0.39, 0.29) is 24.2 Å². The van der Waals surface area contributed by atoms with Gasteiger partial charge in [-0.25, -0.2) is 9.59 Å². The number of methoxy groups -OCH3 is 1. The third-order valence-electron chi connectivity index (χ3n) is 7.08. The molecule has 0 bridgehead atoms. The average molecular weight is 452 g/mol. The molecule has 2 unspecified atom stereocenters. The zero-order chi connectivity index (χ0) is 23.9. The van der Waals surface area contributed by atoms with E-state index in [2.05, 4.69) is 5.32 Å².